The van der Waals surface area contributed by atoms with E-state index in [0.717, 1.165) is 46.8 Å². The fourth-order valence-electron chi connectivity index (χ4n) is 13.5. The molecular weight excluding hydrogens is 1250 g/mol. The molecule has 1 heterocycles. The number of nitrogens with zero attached hydrogens (tertiary/aromatic N) is 7. The fraction of sp³-hybridized carbons (Fsp3) is 0.836. The molecule has 3 aliphatic carbocycles. The summed E-state index contributed by atoms with van der Waals surface area (Å²) in [7, 11) is 9.87. The van der Waals surface area contributed by atoms with Gasteiger partial charge in [-0.05, 0) is 133 Å². The van der Waals surface area contributed by atoms with Crippen molar-refractivity contribution in [2.45, 2.75) is 250 Å². The average molecular weight is 1360 g/mol. The lowest BCUT2D eigenvalue weighted by Crippen LogP contribution is -2.60. The second-order valence-electron chi connectivity index (χ2n) is 28.7. The van der Waals surface area contributed by atoms with Gasteiger partial charge in [0.05, 0.1) is 25.6 Å². The fourth-order valence-corrected chi connectivity index (χ4v) is 13.8. The lowest BCUT2D eigenvalue weighted by atomic mass is 9.78. The van der Waals surface area contributed by atoms with Gasteiger partial charge in [-0.15, -0.1) is 11.6 Å². The van der Waals surface area contributed by atoms with Crippen LogP contribution in [0.4, 0.5) is 17.6 Å². The number of hydrogen-bond donors (Lipinski definition) is 4. The predicted octanol–water partition coefficient (Wildman–Crippen LogP) is 6.45. The van der Waals surface area contributed by atoms with Crippen LogP contribution in [0.25, 0.3) is 0 Å². The molecule has 4 rings (SSSR count). The van der Waals surface area contributed by atoms with Gasteiger partial charge in [-0.3, -0.25) is 52.7 Å². The van der Waals surface area contributed by atoms with Gasteiger partial charge in [-0.25, -0.2) is 4.39 Å². The van der Waals surface area contributed by atoms with Crippen LogP contribution in [0.15, 0.2) is 0 Å². The molecule has 0 radical (unpaired) electrons. The first kappa shape index (κ1) is 80.6. The minimum absolute atomic E-state index is 0.00145. The monoisotopic (exact) mass is 1360 g/mol. The Morgan fingerprint density at radius 1 is 0.511 bits per heavy atom. The topological polar surface area (TPSA) is 259 Å². The highest BCUT2D eigenvalue weighted by atomic mass is 35.5. The molecule has 3 saturated carbocycles. The maximum atomic E-state index is 15.3. The maximum absolute atomic E-state index is 15.3. The zero-order valence-corrected chi connectivity index (χ0v) is 59.3. The molecule has 0 aromatic rings. The van der Waals surface area contributed by atoms with Crippen LogP contribution < -0.4 is 21.3 Å². The molecule has 0 aromatic carbocycles. The van der Waals surface area contributed by atoms with E-state index in [1.165, 1.54) is 75.9 Å². The Bertz CT molecular complexity index is 2590. The minimum atomic E-state index is -4.75. The van der Waals surface area contributed by atoms with Gasteiger partial charge >= 0.3 is 6.18 Å². The van der Waals surface area contributed by atoms with Gasteiger partial charge < -0.3 is 55.6 Å². The highest BCUT2D eigenvalue weighted by Crippen LogP contribution is 2.43. The predicted molar refractivity (Wildman–Crippen MR) is 350 cm³/mol. The third kappa shape index (κ3) is 23.8. The van der Waals surface area contributed by atoms with E-state index in [0.29, 0.717) is 32.1 Å². The van der Waals surface area contributed by atoms with Crippen LogP contribution in [-0.4, -0.2) is 234 Å². The number of carbonyl (C=O) groups is 11. The number of amides is 11. The second kappa shape index (κ2) is 37.1. The molecule has 0 bridgehead atoms. The van der Waals surface area contributed by atoms with Gasteiger partial charge in [0.1, 0.15) is 48.5 Å². The minimum Gasteiger partial charge on any atom is -0.351 e. The SMILES string of the molecule is CC[C@H](C)[C@@H]1NC(=O)[C@H](C)N(C)C(=O)C[C@@H](C)NC(=O)[C@H](CC(C)C)N(C)C(=O)[C@H](CC2CCCCC2)N(C)C(=O)[C@H](CC(C)C)NC(=O)[C@H](CCC2CCC(C(F)(F)F)C(F)C2)NC(=O)CN(C)C(=O)[C@H](CC2CCC(Cl)CC2)N(C)C(=O)CN(C)C(=O)CN(C)C1=O. The number of hydrogen-bond acceptors (Lipinski definition) is 11. The van der Waals surface area contributed by atoms with Crippen molar-refractivity contribution in [2.75, 3.05) is 69.0 Å². The van der Waals surface area contributed by atoms with Crippen molar-refractivity contribution in [3.63, 3.8) is 0 Å². The second-order valence-corrected chi connectivity index (χ2v) is 29.3. The number of alkyl halides is 5. The van der Waals surface area contributed by atoms with Gasteiger partial charge in [0.25, 0.3) is 0 Å². The molecule has 0 aromatic heterocycles. The van der Waals surface area contributed by atoms with Gasteiger partial charge in [0.15, 0.2) is 0 Å². The van der Waals surface area contributed by atoms with Gasteiger partial charge in [0, 0.05) is 67.2 Å². The van der Waals surface area contributed by atoms with Gasteiger partial charge in [-0.1, -0.05) is 80.1 Å². The van der Waals surface area contributed by atoms with Crippen LogP contribution in [0.3, 0.4) is 0 Å². The van der Waals surface area contributed by atoms with Gasteiger partial charge in [0.2, 0.25) is 65.0 Å². The highest BCUT2D eigenvalue weighted by molar-refractivity contribution is 6.20. The first-order chi connectivity index (χ1) is 43.9. The maximum Gasteiger partial charge on any atom is 0.394 e. The largest absolute Gasteiger partial charge is 0.394 e. The van der Waals surface area contributed by atoms with Crippen molar-refractivity contribution in [2.24, 2.45) is 41.4 Å². The standard InChI is InChI=1S/C67H112ClF4N11O11/c1-16-41(6)59-66(94)79(11)37-57(86)77(9)38-58(87)81(13)53(35-46-22-26-47(68)27-23-46)64(92)78(10)36-55(84)74-50(29-25-45-24-28-48(49(69)33-45)67(70,71)72)61(89)75-51(30-39(2)3)63(91)83(15)54(34-44-20-18-17-19-21-44)65(93)82(14)52(31-40(4)5)62(90)73-42(7)32-56(85)80(12)43(8)60(88)76-59/h39-54,59H,16-38H2,1-15H3,(H,73,90)(H,74,84)(H,75,89)(H,76,88)/t41-,42+,43-,45?,46?,47?,48?,49?,50-,51-,52-,53-,54-,59-/m0/s1. The first-order valence-corrected chi connectivity index (χ1v) is 34.6. The Morgan fingerprint density at radius 3 is 1.62 bits per heavy atom. The molecule has 1 saturated heterocycles. The van der Waals surface area contributed by atoms with Crippen molar-refractivity contribution in [1.82, 2.24) is 55.6 Å². The zero-order valence-electron chi connectivity index (χ0n) is 58.6. The van der Waals surface area contributed by atoms with E-state index < -0.39 is 176 Å². The summed E-state index contributed by atoms with van der Waals surface area (Å²) in [6, 6.07) is -9.28. The van der Waals surface area contributed by atoms with E-state index in [1.807, 2.05) is 34.6 Å². The Balaban J connectivity index is 1.83. The molecule has 4 fully saturated rings. The summed E-state index contributed by atoms with van der Waals surface area (Å²) >= 11 is 6.48. The third-order valence-electron chi connectivity index (χ3n) is 20.1. The normalized spacial score (nSPS) is 30.6. The van der Waals surface area contributed by atoms with Gasteiger partial charge in [-0.2, -0.15) is 13.2 Å². The van der Waals surface area contributed by atoms with E-state index in [-0.39, 0.29) is 80.4 Å². The zero-order chi connectivity index (χ0) is 70.8. The summed E-state index contributed by atoms with van der Waals surface area (Å²) in [4.78, 5) is 168. The number of nitrogens with one attached hydrogen (secondary N) is 4. The molecule has 3 unspecified atom stereocenters. The van der Waals surface area contributed by atoms with E-state index in [4.69, 9.17) is 11.6 Å². The molecule has 4 N–H and O–H groups in total. The van der Waals surface area contributed by atoms with Crippen LogP contribution >= 0.6 is 11.6 Å². The summed E-state index contributed by atoms with van der Waals surface area (Å²) in [6.07, 6.45) is -0.392. The molecule has 11 amide bonds. The molecule has 27 heteroatoms. The summed E-state index contributed by atoms with van der Waals surface area (Å²) < 4.78 is 56.7. The Morgan fingerprint density at radius 2 is 1.05 bits per heavy atom. The molecule has 22 nitrogen and oxygen atoms in total. The van der Waals surface area contributed by atoms with Crippen LogP contribution in [0.1, 0.15) is 184 Å². The average Bonchev–Trinajstić information content (AvgIpc) is 0.843. The Hall–Kier alpha value is -5.82. The van der Waals surface area contributed by atoms with Crippen LogP contribution in [0, 0.1) is 41.4 Å². The molecule has 1 aliphatic heterocycles. The van der Waals surface area contributed by atoms with E-state index in [9.17, 15) is 56.3 Å². The van der Waals surface area contributed by atoms with Crippen molar-refractivity contribution >= 4 is 76.6 Å². The smallest absolute Gasteiger partial charge is 0.351 e. The number of carbonyl (C=O) groups excluding carboxylic acids is 11. The lowest BCUT2D eigenvalue weighted by Gasteiger charge is -2.38. The molecule has 536 valence electrons. The van der Waals surface area contributed by atoms with Crippen molar-refractivity contribution in [3.05, 3.63) is 0 Å². The molecule has 4 aliphatic rings. The molecular formula is C67H112ClF4N11O11. The summed E-state index contributed by atoms with van der Waals surface area (Å²) in [5.74, 6) is -10.9. The lowest BCUT2D eigenvalue weighted by molar-refractivity contribution is -0.201. The molecule has 94 heavy (non-hydrogen) atoms. The Labute approximate surface area is 560 Å². The number of halogens is 5. The van der Waals surface area contributed by atoms with Crippen molar-refractivity contribution in [1.29, 1.82) is 0 Å². The quantitative estimate of drug-likeness (QED) is 0.115. The first-order valence-electron chi connectivity index (χ1n) is 34.2. The highest BCUT2D eigenvalue weighted by Gasteiger charge is 2.48. The third-order valence-corrected chi connectivity index (χ3v) is 20.6. The van der Waals surface area contributed by atoms with E-state index >= 15 is 14.0 Å². The van der Waals surface area contributed by atoms with Crippen LogP contribution in [0.2, 0.25) is 0 Å². The molecule has 12 atom stereocenters. The van der Waals surface area contributed by atoms with Crippen molar-refractivity contribution < 1.29 is 70.3 Å². The number of likely N-dealkylation sites (N-methyl/N-ethyl adjacent to an activating group) is 7. The van der Waals surface area contributed by atoms with Crippen LogP contribution in [0.5, 0.6) is 0 Å². The Kier molecular flexibility index (Phi) is 31.8. The van der Waals surface area contributed by atoms with E-state index in [1.54, 1.807) is 13.8 Å². The van der Waals surface area contributed by atoms with Crippen molar-refractivity contribution in [3.8, 4) is 0 Å². The summed E-state index contributed by atoms with van der Waals surface area (Å²) in [5, 5.41) is 11.2. The molecule has 0 spiro atoms. The summed E-state index contributed by atoms with van der Waals surface area (Å²) in [6.45, 7) is 12.4. The summed E-state index contributed by atoms with van der Waals surface area (Å²) in [5.41, 5.74) is 0. The van der Waals surface area contributed by atoms with Crippen LogP contribution in [-0.2, 0) is 52.7 Å². The number of rotatable bonds is 13. The van der Waals surface area contributed by atoms with E-state index in [2.05, 4.69) is 21.3 Å².